The molecule has 2 heterocycles. The van der Waals surface area contributed by atoms with E-state index in [2.05, 4.69) is 38.3 Å². The molecule has 1 spiro atoms. The number of carbonyl (C=O) groups excluding carboxylic acids is 2. The Bertz CT molecular complexity index is 1480. The van der Waals surface area contributed by atoms with E-state index in [0.717, 1.165) is 75.9 Å². The molecular weight excluding hydrogens is 562 g/mol. The summed E-state index contributed by atoms with van der Waals surface area (Å²) in [5.74, 6) is 0.942. The molecule has 2 aromatic carbocycles. The highest BCUT2D eigenvalue weighted by molar-refractivity contribution is 7.92. The quantitative estimate of drug-likeness (QED) is 0.472. The molecule has 1 saturated carbocycles. The molecule has 2 bridgehead atoms. The van der Waals surface area contributed by atoms with E-state index in [1.54, 1.807) is 13.0 Å². The van der Waals surface area contributed by atoms with Crippen molar-refractivity contribution in [1.82, 2.24) is 4.72 Å². The molecule has 0 radical (unpaired) electrons. The summed E-state index contributed by atoms with van der Waals surface area (Å²) in [5.41, 5.74) is 3.87. The number of nitrogens with zero attached hydrogens (tertiary/aromatic N) is 2. The molecule has 0 aromatic heterocycles. The summed E-state index contributed by atoms with van der Waals surface area (Å²) in [6.45, 7) is 3.95. The molecule has 0 saturated heterocycles. The molecule has 6 rings (SSSR count). The second kappa shape index (κ2) is 12.6. The summed E-state index contributed by atoms with van der Waals surface area (Å²) in [4.78, 5) is 28.3. The first-order valence-corrected chi connectivity index (χ1v) is 17.7. The van der Waals surface area contributed by atoms with E-state index in [1.165, 1.54) is 11.1 Å². The number of anilines is 1. The molecule has 43 heavy (non-hydrogen) atoms. The first-order chi connectivity index (χ1) is 20.8. The van der Waals surface area contributed by atoms with Gasteiger partial charge in [0.05, 0.1) is 24.2 Å². The first kappa shape index (κ1) is 30.1. The largest absolute Gasteiger partial charge is 0.490 e. The molecule has 2 aliphatic heterocycles. The third kappa shape index (κ3) is 6.21. The number of hydrogen-bond acceptors (Lipinski definition) is 6. The van der Waals surface area contributed by atoms with Gasteiger partial charge in [0.25, 0.3) is 5.91 Å². The molecule has 1 fully saturated rings. The lowest BCUT2D eigenvalue weighted by Crippen LogP contribution is -2.49. The summed E-state index contributed by atoms with van der Waals surface area (Å²) in [5, 5.41) is 0. The zero-order valence-corrected chi connectivity index (χ0v) is 26.3. The van der Waals surface area contributed by atoms with Gasteiger partial charge in [-0.3, -0.25) is 14.3 Å². The Hall–Kier alpha value is -2.91. The van der Waals surface area contributed by atoms with Crippen LogP contribution in [0, 0.1) is 11.8 Å². The van der Waals surface area contributed by atoms with Gasteiger partial charge in [0.15, 0.2) is 0 Å². The fourth-order valence-electron chi connectivity index (χ4n) is 7.69. The van der Waals surface area contributed by atoms with Crippen LogP contribution in [0.15, 0.2) is 46.8 Å². The van der Waals surface area contributed by atoms with Crippen molar-refractivity contribution in [3.05, 3.63) is 59.2 Å². The summed E-state index contributed by atoms with van der Waals surface area (Å²) in [6.07, 6.45) is 9.24. The zero-order chi connectivity index (χ0) is 30.0. The van der Waals surface area contributed by atoms with Crippen LogP contribution in [0.5, 0.6) is 5.75 Å². The maximum atomic E-state index is 13.8. The molecule has 8 nitrogen and oxygen atoms in total. The Labute approximate surface area is 256 Å². The smallest absolute Gasteiger partial charge is 0.286 e. The molecule has 2 amide bonds. The van der Waals surface area contributed by atoms with Crippen LogP contribution in [0.25, 0.3) is 0 Å². The van der Waals surface area contributed by atoms with Gasteiger partial charge in [-0.1, -0.05) is 44.0 Å². The molecular formula is C34H45N3O5S. The highest BCUT2D eigenvalue weighted by Crippen LogP contribution is 2.47. The molecule has 5 atom stereocenters. The van der Waals surface area contributed by atoms with E-state index in [0.29, 0.717) is 30.4 Å². The van der Waals surface area contributed by atoms with E-state index in [9.17, 15) is 13.8 Å². The predicted octanol–water partition coefficient (Wildman–Crippen LogP) is 5.82. The average Bonchev–Trinajstić information content (AvgIpc) is 3.15. The normalized spacial score (nSPS) is 31.0. The van der Waals surface area contributed by atoms with Gasteiger partial charge in [-0.25, -0.2) is 4.21 Å². The van der Waals surface area contributed by atoms with Crippen LogP contribution < -0.4 is 14.4 Å². The average molecular weight is 608 g/mol. The Morgan fingerprint density at radius 2 is 2.00 bits per heavy atom. The van der Waals surface area contributed by atoms with Crippen molar-refractivity contribution >= 4 is 27.4 Å². The second-order valence-electron chi connectivity index (χ2n) is 12.9. The Morgan fingerprint density at radius 3 is 2.79 bits per heavy atom. The van der Waals surface area contributed by atoms with E-state index < -0.39 is 15.8 Å². The number of nitrogens with one attached hydrogen (secondary N) is 1. The van der Waals surface area contributed by atoms with Gasteiger partial charge in [0, 0.05) is 37.6 Å². The summed E-state index contributed by atoms with van der Waals surface area (Å²) >= 11 is 0. The van der Waals surface area contributed by atoms with E-state index in [-0.39, 0.29) is 29.6 Å². The number of methoxy groups -OCH3 is 1. The van der Waals surface area contributed by atoms with Crippen LogP contribution in [-0.4, -0.2) is 54.7 Å². The number of ether oxygens (including phenoxy) is 2. The lowest BCUT2D eigenvalue weighted by Gasteiger charge is -2.46. The van der Waals surface area contributed by atoms with E-state index in [4.69, 9.17) is 9.47 Å². The number of amides is 2. The number of aryl methyl sites for hydroxylation is 1. The third-order valence-electron chi connectivity index (χ3n) is 10.2. The van der Waals surface area contributed by atoms with Crippen molar-refractivity contribution < 1.29 is 23.3 Å². The minimum atomic E-state index is -3.25. The fourth-order valence-corrected chi connectivity index (χ4v) is 9.40. The molecule has 9 heteroatoms. The van der Waals surface area contributed by atoms with E-state index in [1.807, 2.05) is 19.2 Å². The Morgan fingerprint density at radius 1 is 1.14 bits per heavy atom. The maximum Gasteiger partial charge on any atom is 0.286 e. The minimum absolute atomic E-state index is 0.149. The number of rotatable bonds is 3. The third-order valence-corrected chi connectivity index (χ3v) is 12.0. The van der Waals surface area contributed by atoms with Crippen LogP contribution >= 0.6 is 0 Å². The van der Waals surface area contributed by atoms with Crippen LogP contribution in [0.4, 0.5) is 5.69 Å². The van der Waals surface area contributed by atoms with Crippen molar-refractivity contribution in [3.63, 3.8) is 0 Å². The molecule has 0 unspecified atom stereocenters. The van der Waals surface area contributed by atoms with Crippen LogP contribution in [0.3, 0.4) is 0 Å². The topological polar surface area (TPSA) is 97.3 Å². The van der Waals surface area contributed by atoms with Gasteiger partial charge in [-0.15, -0.1) is 4.36 Å². The summed E-state index contributed by atoms with van der Waals surface area (Å²) in [6, 6.07) is 14.2. The number of hydrogen-bond donors (Lipinski definition) is 1. The molecule has 4 aliphatic rings. The van der Waals surface area contributed by atoms with Crippen LogP contribution in [0.1, 0.15) is 86.2 Å². The van der Waals surface area contributed by atoms with Crippen LogP contribution in [-0.2, 0) is 31.3 Å². The van der Waals surface area contributed by atoms with Crippen molar-refractivity contribution in [1.29, 1.82) is 0 Å². The van der Waals surface area contributed by atoms with Crippen molar-refractivity contribution in [3.8, 4) is 5.75 Å². The number of carbonyl (C=O) groups is 2. The highest BCUT2D eigenvalue weighted by Gasteiger charge is 2.44. The van der Waals surface area contributed by atoms with Crippen molar-refractivity contribution in [2.75, 3.05) is 37.5 Å². The molecule has 1 N–H and O–H groups in total. The number of fused-ring (bicyclic) bond motifs is 4. The molecule has 2 aromatic rings. The van der Waals surface area contributed by atoms with Gasteiger partial charge in [0.1, 0.15) is 15.7 Å². The van der Waals surface area contributed by atoms with Gasteiger partial charge in [-0.05, 0) is 86.1 Å². The van der Waals surface area contributed by atoms with E-state index >= 15 is 0 Å². The first-order valence-electron chi connectivity index (χ1n) is 16.1. The second-order valence-corrected chi connectivity index (χ2v) is 15.0. The zero-order valence-electron chi connectivity index (χ0n) is 25.5. The lowest BCUT2D eigenvalue weighted by atomic mass is 9.68. The summed E-state index contributed by atoms with van der Waals surface area (Å²) < 4.78 is 33.2. The van der Waals surface area contributed by atoms with Crippen molar-refractivity contribution in [2.45, 2.75) is 82.7 Å². The SMILES string of the molecule is CCC(=O)N[S@@]1(=O)=NC(=O)c2ccc3c(c2)N(C[C@@H]2CC[C@H]2[C@@H](OC)CCCCC1)C[C@@]1(CCCc2ccccc21)CO3. The standard InChI is InChI=1S/C34H45N3O5S/c1-3-32(38)35-43(40)19-8-4-5-13-30(41-2)27-16-14-26(27)21-37-22-34(18-9-11-24-10-6-7-12-28(24)34)23-42-31-17-15-25(20-29(31)37)33(39)36-43/h6-7,10,12,15,17,20,26-27,30H,3-5,8-9,11,13-14,16,18-19,21-23H2,1-2H3,(H,35,36,38,39,40)/t26-,27+,30-,34-,43+/m0/s1. The number of benzene rings is 2. The Balaban J connectivity index is 1.42. The van der Waals surface area contributed by atoms with Gasteiger partial charge in [0.2, 0.25) is 5.91 Å². The molecule has 232 valence electrons. The van der Waals surface area contributed by atoms with Gasteiger partial charge < -0.3 is 14.4 Å². The van der Waals surface area contributed by atoms with Crippen LogP contribution in [0.2, 0.25) is 0 Å². The van der Waals surface area contributed by atoms with Crippen molar-refractivity contribution in [2.24, 2.45) is 16.2 Å². The summed E-state index contributed by atoms with van der Waals surface area (Å²) in [7, 11) is -1.43. The lowest BCUT2D eigenvalue weighted by molar-refractivity contribution is -0.118. The molecule has 2 aliphatic carbocycles. The fraction of sp³-hybridized carbons (Fsp3) is 0.588. The monoisotopic (exact) mass is 607 g/mol. The predicted molar refractivity (Wildman–Crippen MR) is 169 cm³/mol. The minimum Gasteiger partial charge on any atom is -0.490 e. The van der Waals surface area contributed by atoms with Gasteiger partial charge >= 0.3 is 0 Å². The van der Waals surface area contributed by atoms with Gasteiger partial charge in [-0.2, -0.15) is 0 Å². The maximum absolute atomic E-state index is 13.8. The highest BCUT2D eigenvalue weighted by atomic mass is 32.2. The Kier molecular flexibility index (Phi) is 8.83.